The Hall–Kier alpha value is -6.10. The van der Waals surface area contributed by atoms with E-state index in [4.69, 9.17) is 18.9 Å². The molecule has 0 aliphatic carbocycles. The van der Waals surface area contributed by atoms with Crippen LogP contribution in [0, 0.1) is 0 Å². The summed E-state index contributed by atoms with van der Waals surface area (Å²) in [5.41, 5.74) is 9.99. The van der Waals surface area contributed by atoms with Crippen LogP contribution in [0.2, 0.25) is 0 Å². The molecule has 10 nitrogen and oxygen atoms in total. The van der Waals surface area contributed by atoms with Crippen molar-refractivity contribution in [2.24, 2.45) is 0 Å². The molecule has 2 aliphatic heterocycles. The first-order valence-electron chi connectivity index (χ1n) is 18.3. The molecule has 4 aromatic heterocycles. The number of fused-ring (bicyclic) bond motifs is 2. The zero-order valence-corrected chi connectivity index (χ0v) is 31.9. The van der Waals surface area contributed by atoms with E-state index in [1.807, 2.05) is 73.1 Å². The van der Waals surface area contributed by atoms with Crippen molar-refractivity contribution in [1.29, 1.82) is 0 Å². The molecule has 10 heteroatoms. The third-order valence-electron chi connectivity index (χ3n) is 10.3. The summed E-state index contributed by atoms with van der Waals surface area (Å²) < 4.78 is 24.8. The largest absolute Gasteiger partial charge is 0.493 e. The molecule has 8 rings (SSSR count). The molecular formula is C45H46N4O6. The summed E-state index contributed by atoms with van der Waals surface area (Å²) in [4.78, 5) is 27.9. The molecule has 6 aromatic rings. The lowest BCUT2D eigenvalue weighted by atomic mass is 10.0. The maximum atomic E-state index is 12.8. The van der Waals surface area contributed by atoms with E-state index < -0.39 is 0 Å². The zero-order valence-electron chi connectivity index (χ0n) is 31.9. The topological polar surface area (TPSA) is 95.2 Å². The van der Waals surface area contributed by atoms with Crippen molar-refractivity contribution in [3.63, 3.8) is 0 Å². The summed E-state index contributed by atoms with van der Waals surface area (Å²) in [6, 6.07) is 26.9. The highest BCUT2D eigenvalue weighted by molar-refractivity contribution is 5.75. The Bertz CT molecular complexity index is 2550. The molecule has 0 radical (unpaired) electrons. The van der Waals surface area contributed by atoms with E-state index in [0.29, 0.717) is 23.0 Å². The van der Waals surface area contributed by atoms with Gasteiger partial charge < -0.3 is 29.2 Å². The van der Waals surface area contributed by atoms with Gasteiger partial charge in [-0.1, -0.05) is 36.4 Å². The Labute approximate surface area is 320 Å². The van der Waals surface area contributed by atoms with Crippen molar-refractivity contribution in [2.45, 2.75) is 12.8 Å². The average Bonchev–Trinajstić information content (AvgIpc) is 3.23. The van der Waals surface area contributed by atoms with Gasteiger partial charge in [0.25, 0.3) is 11.1 Å². The van der Waals surface area contributed by atoms with Crippen LogP contribution in [0.15, 0.2) is 119 Å². The monoisotopic (exact) mass is 738 g/mol. The Morgan fingerprint density at radius 2 is 1.02 bits per heavy atom. The van der Waals surface area contributed by atoms with E-state index in [1.54, 1.807) is 49.4 Å². The third kappa shape index (κ3) is 8.06. The number of ether oxygens (including phenoxy) is 4. The average molecular weight is 739 g/mol. The van der Waals surface area contributed by atoms with Crippen LogP contribution in [0.3, 0.4) is 0 Å². The molecule has 0 fully saturated rings. The maximum Gasteiger partial charge on any atom is 0.255 e. The van der Waals surface area contributed by atoms with E-state index in [1.165, 1.54) is 11.1 Å². The predicted octanol–water partition coefficient (Wildman–Crippen LogP) is 7.06. The lowest BCUT2D eigenvalue weighted by Gasteiger charge is -2.22. The zero-order chi connectivity index (χ0) is 38.5. The molecule has 0 atom stereocenters. The maximum absolute atomic E-state index is 12.8. The van der Waals surface area contributed by atoms with E-state index >= 15 is 0 Å². The van der Waals surface area contributed by atoms with Crippen molar-refractivity contribution < 1.29 is 18.9 Å². The smallest absolute Gasteiger partial charge is 0.255 e. The first-order chi connectivity index (χ1) is 26.8. The van der Waals surface area contributed by atoms with Crippen LogP contribution in [0.1, 0.15) is 24.0 Å². The molecule has 0 unspecified atom stereocenters. The van der Waals surface area contributed by atoms with Gasteiger partial charge in [0, 0.05) is 55.2 Å². The molecule has 1 N–H and O–H groups in total. The molecule has 2 aliphatic rings. The van der Waals surface area contributed by atoms with Crippen molar-refractivity contribution in [2.75, 3.05) is 61.7 Å². The first-order valence-corrected chi connectivity index (χ1v) is 18.3. The lowest BCUT2D eigenvalue weighted by Crippen LogP contribution is -2.23. The number of rotatable bonds is 8. The summed E-state index contributed by atoms with van der Waals surface area (Å²) in [6.45, 7) is 3.83. The van der Waals surface area contributed by atoms with Gasteiger partial charge in [-0.3, -0.25) is 18.4 Å². The van der Waals surface area contributed by atoms with Gasteiger partial charge in [0.1, 0.15) is 0 Å². The number of methoxy groups -OCH3 is 4. The molecule has 282 valence electrons. The van der Waals surface area contributed by atoms with Gasteiger partial charge in [-0.15, -0.1) is 0 Å². The van der Waals surface area contributed by atoms with Crippen LogP contribution in [-0.2, 0) is 0 Å². The number of hydrogen-bond acceptors (Lipinski definition) is 8. The number of pyridine rings is 4. The molecule has 2 aromatic carbocycles. The Kier molecular flexibility index (Phi) is 11.2. The van der Waals surface area contributed by atoms with Crippen molar-refractivity contribution >= 4 is 22.2 Å². The summed E-state index contributed by atoms with van der Waals surface area (Å²) in [5, 5.41) is 3.31. The molecule has 0 bridgehead atoms. The van der Waals surface area contributed by atoms with Crippen molar-refractivity contribution in [1.82, 2.24) is 19.0 Å². The fraction of sp³-hybridized carbons (Fsp3) is 0.244. The fourth-order valence-corrected chi connectivity index (χ4v) is 7.11. The highest BCUT2D eigenvalue weighted by Crippen LogP contribution is 2.34. The molecule has 55 heavy (non-hydrogen) atoms. The number of benzene rings is 2. The number of nitrogens with one attached hydrogen (secondary N) is 1. The first kappa shape index (κ1) is 37.2. The number of nitrogens with zero attached hydrogens (tertiary/aromatic N) is 3. The molecule has 0 saturated carbocycles. The molecule has 0 amide bonds. The van der Waals surface area contributed by atoms with Gasteiger partial charge in [0.2, 0.25) is 0 Å². The SMILES string of the molecule is COc1ccc(-c2cc(=O)n3cc(C4=CCN(C)CC4)ccc3c2)cc1OC.COc1ccc(-c2cc(=O)n3cc(C4=CCNCC4)ccc3c2)cc1OC. The van der Waals surface area contributed by atoms with E-state index in [2.05, 4.69) is 41.5 Å². The second kappa shape index (κ2) is 16.5. The van der Waals surface area contributed by atoms with Crippen molar-refractivity contribution in [3.8, 4) is 45.3 Å². The molecule has 0 spiro atoms. The Morgan fingerprint density at radius 3 is 1.45 bits per heavy atom. The van der Waals surface area contributed by atoms with E-state index in [9.17, 15) is 9.59 Å². The summed E-state index contributed by atoms with van der Waals surface area (Å²) in [6.07, 6.45) is 10.3. The van der Waals surface area contributed by atoms with Crippen molar-refractivity contribution in [3.05, 3.63) is 141 Å². The highest BCUT2D eigenvalue weighted by atomic mass is 16.5. The van der Waals surface area contributed by atoms with Crippen LogP contribution in [-0.4, -0.2) is 75.4 Å². The minimum atomic E-state index is -0.0475. The minimum absolute atomic E-state index is 0.0438. The highest BCUT2D eigenvalue weighted by Gasteiger charge is 2.14. The lowest BCUT2D eigenvalue weighted by molar-refractivity contribution is 0.355. The molecular weight excluding hydrogens is 693 g/mol. The summed E-state index contributed by atoms with van der Waals surface area (Å²) in [5.74, 6) is 2.62. The number of aromatic nitrogens is 2. The second-order valence-corrected chi connectivity index (χ2v) is 13.7. The van der Waals surface area contributed by atoms with E-state index in [-0.39, 0.29) is 11.1 Å². The Morgan fingerprint density at radius 1 is 0.527 bits per heavy atom. The predicted molar refractivity (Wildman–Crippen MR) is 220 cm³/mol. The van der Waals surface area contributed by atoms with Crippen LogP contribution in [0.4, 0.5) is 0 Å². The van der Waals surface area contributed by atoms with E-state index in [0.717, 1.165) is 83.4 Å². The minimum Gasteiger partial charge on any atom is -0.493 e. The van der Waals surface area contributed by atoms with Crippen LogP contribution >= 0.6 is 0 Å². The number of hydrogen-bond donors (Lipinski definition) is 1. The standard InChI is InChI=1S/C23H24N2O3.C22H22N2O3/c1-24-10-8-16(9-11-24)18-4-6-20-12-19(14-23(26)25(20)15-18)17-5-7-21(27-2)22(13-17)28-3;1-26-20-6-4-16(12-21(20)27-2)18-11-19-5-3-17(14-24(19)22(25)13-18)15-7-9-23-10-8-15/h4-8,12-15H,9-11H2,1-3H3;3-7,11-14,23H,8-10H2,1-2H3. The van der Waals surface area contributed by atoms with Gasteiger partial charge in [-0.05, 0) is 119 Å². The molecule has 6 heterocycles. The molecule has 0 saturated heterocycles. The van der Waals surface area contributed by atoms with Gasteiger partial charge in [-0.2, -0.15) is 0 Å². The summed E-state index contributed by atoms with van der Waals surface area (Å²) in [7, 11) is 8.55. The fourth-order valence-electron chi connectivity index (χ4n) is 7.11. The van der Waals surface area contributed by atoms with Crippen LogP contribution < -0.4 is 35.4 Å². The normalized spacial score (nSPS) is 14.4. The summed E-state index contributed by atoms with van der Waals surface area (Å²) >= 11 is 0. The quantitative estimate of drug-likeness (QED) is 0.178. The van der Waals surface area contributed by atoms with Gasteiger partial charge in [-0.25, -0.2) is 0 Å². The van der Waals surface area contributed by atoms with Gasteiger partial charge in [0.05, 0.1) is 28.4 Å². The van der Waals surface area contributed by atoms with Crippen LogP contribution in [0.5, 0.6) is 23.0 Å². The Balaban J connectivity index is 0.000000169. The van der Waals surface area contributed by atoms with Crippen LogP contribution in [0.25, 0.3) is 44.4 Å². The number of likely N-dealkylation sites (N-methyl/N-ethyl adjacent to an activating group) is 1. The van der Waals surface area contributed by atoms with Gasteiger partial charge in [0.15, 0.2) is 23.0 Å². The van der Waals surface area contributed by atoms with Gasteiger partial charge >= 0.3 is 0 Å². The third-order valence-corrected chi connectivity index (χ3v) is 10.3. The second-order valence-electron chi connectivity index (χ2n) is 13.7.